The van der Waals surface area contributed by atoms with Crippen molar-refractivity contribution in [3.63, 3.8) is 0 Å². The van der Waals surface area contributed by atoms with Crippen LogP contribution in [0.2, 0.25) is 0 Å². The van der Waals surface area contributed by atoms with Gasteiger partial charge in [-0.15, -0.1) is 11.3 Å². The highest BCUT2D eigenvalue weighted by Crippen LogP contribution is 2.25. The number of thiophene rings is 1. The SMILES string of the molecule is C/C=C\c1sc(C(=O)O)cc1CBr. The van der Waals surface area contributed by atoms with Crippen LogP contribution in [-0.2, 0) is 5.33 Å². The first-order valence-electron chi connectivity index (χ1n) is 3.73. The molecule has 0 spiro atoms. The molecule has 0 aromatic carbocycles. The lowest BCUT2D eigenvalue weighted by Crippen LogP contribution is -1.89. The summed E-state index contributed by atoms with van der Waals surface area (Å²) >= 11 is 4.62. The third-order valence-corrected chi connectivity index (χ3v) is 3.25. The van der Waals surface area contributed by atoms with Crippen LogP contribution in [0.5, 0.6) is 0 Å². The molecule has 0 radical (unpaired) electrons. The Morgan fingerprint density at radius 2 is 2.46 bits per heavy atom. The van der Waals surface area contributed by atoms with Crippen molar-refractivity contribution in [3.8, 4) is 0 Å². The van der Waals surface area contributed by atoms with Crippen LogP contribution < -0.4 is 0 Å². The zero-order valence-corrected chi connectivity index (χ0v) is 9.48. The summed E-state index contributed by atoms with van der Waals surface area (Å²) in [4.78, 5) is 12.1. The number of carboxylic acid groups (broad SMARTS) is 1. The Hall–Kier alpha value is -0.610. The monoisotopic (exact) mass is 260 g/mol. The van der Waals surface area contributed by atoms with E-state index in [1.807, 2.05) is 19.1 Å². The molecule has 0 fully saturated rings. The van der Waals surface area contributed by atoms with Gasteiger partial charge in [-0.05, 0) is 24.6 Å². The van der Waals surface area contributed by atoms with E-state index in [0.717, 1.165) is 10.4 Å². The average Bonchev–Trinajstić information content (AvgIpc) is 2.48. The summed E-state index contributed by atoms with van der Waals surface area (Å²) in [6, 6.07) is 1.71. The fourth-order valence-corrected chi connectivity index (χ4v) is 2.59. The van der Waals surface area contributed by atoms with Crippen LogP contribution in [0.4, 0.5) is 0 Å². The Bertz CT molecular complexity index is 341. The number of aromatic carboxylic acids is 1. The summed E-state index contributed by atoms with van der Waals surface area (Å²) < 4.78 is 0. The molecule has 0 aliphatic rings. The highest BCUT2D eigenvalue weighted by Gasteiger charge is 2.10. The second-order valence-electron chi connectivity index (χ2n) is 2.44. The van der Waals surface area contributed by atoms with Crippen LogP contribution in [0.15, 0.2) is 12.1 Å². The molecule has 1 aromatic rings. The van der Waals surface area contributed by atoms with Gasteiger partial charge in [0.25, 0.3) is 0 Å². The third-order valence-electron chi connectivity index (χ3n) is 1.51. The smallest absolute Gasteiger partial charge is 0.345 e. The zero-order valence-electron chi connectivity index (χ0n) is 7.08. The van der Waals surface area contributed by atoms with Gasteiger partial charge >= 0.3 is 5.97 Å². The molecule has 1 heterocycles. The summed E-state index contributed by atoms with van der Waals surface area (Å²) in [6.07, 6.45) is 3.83. The number of rotatable bonds is 3. The number of hydrogen-bond donors (Lipinski definition) is 1. The second kappa shape index (κ2) is 4.58. The molecule has 0 aliphatic carbocycles. The molecule has 70 valence electrons. The molecule has 0 bridgehead atoms. The van der Waals surface area contributed by atoms with E-state index in [1.54, 1.807) is 6.07 Å². The van der Waals surface area contributed by atoms with Crippen molar-refractivity contribution in [2.75, 3.05) is 0 Å². The maximum atomic E-state index is 10.7. The molecule has 0 saturated heterocycles. The van der Waals surface area contributed by atoms with Crippen LogP contribution >= 0.6 is 27.3 Å². The van der Waals surface area contributed by atoms with Crippen LogP contribution in [0.1, 0.15) is 27.0 Å². The minimum Gasteiger partial charge on any atom is -0.477 e. The van der Waals surface area contributed by atoms with Gasteiger partial charge in [-0.1, -0.05) is 22.0 Å². The van der Waals surface area contributed by atoms with Gasteiger partial charge in [0.05, 0.1) is 0 Å². The summed E-state index contributed by atoms with van der Waals surface area (Å²) in [5.41, 5.74) is 1.03. The average molecular weight is 261 g/mol. The molecule has 1 N–H and O–H groups in total. The molecule has 0 unspecified atom stereocenters. The summed E-state index contributed by atoms with van der Waals surface area (Å²) in [6.45, 7) is 1.91. The minimum absolute atomic E-state index is 0.391. The molecule has 0 saturated carbocycles. The topological polar surface area (TPSA) is 37.3 Å². The lowest BCUT2D eigenvalue weighted by atomic mass is 10.2. The molecule has 13 heavy (non-hydrogen) atoms. The quantitative estimate of drug-likeness (QED) is 0.847. The lowest BCUT2D eigenvalue weighted by Gasteiger charge is -1.89. The first-order valence-corrected chi connectivity index (χ1v) is 5.67. The number of halogens is 1. The molecule has 1 aromatic heterocycles. The summed E-state index contributed by atoms with van der Waals surface area (Å²) in [5.74, 6) is -0.858. The maximum Gasteiger partial charge on any atom is 0.345 e. The van der Waals surface area contributed by atoms with E-state index in [-0.39, 0.29) is 0 Å². The molecule has 2 nitrogen and oxygen atoms in total. The van der Waals surface area contributed by atoms with Crippen molar-refractivity contribution in [2.45, 2.75) is 12.3 Å². The molecular formula is C9H9BrO2S. The van der Waals surface area contributed by atoms with Gasteiger partial charge in [0, 0.05) is 10.2 Å². The maximum absolute atomic E-state index is 10.7. The molecular weight excluding hydrogens is 252 g/mol. The number of carboxylic acids is 1. The predicted octanol–water partition coefficient (Wildman–Crippen LogP) is 3.37. The fourth-order valence-electron chi connectivity index (χ4n) is 0.945. The van der Waals surface area contributed by atoms with Crippen molar-refractivity contribution >= 4 is 39.3 Å². The fraction of sp³-hybridized carbons (Fsp3) is 0.222. The molecule has 4 heteroatoms. The Kier molecular flexibility index (Phi) is 3.69. The van der Waals surface area contributed by atoms with Crippen LogP contribution in [0.3, 0.4) is 0 Å². The number of carbonyl (C=O) groups is 1. The van der Waals surface area contributed by atoms with Gasteiger partial charge in [0.1, 0.15) is 4.88 Å². The van der Waals surface area contributed by atoms with Crippen molar-refractivity contribution in [1.29, 1.82) is 0 Å². The Morgan fingerprint density at radius 1 is 1.77 bits per heavy atom. The molecule has 1 rings (SSSR count). The second-order valence-corrected chi connectivity index (χ2v) is 4.08. The predicted molar refractivity (Wildman–Crippen MR) is 58.6 cm³/mol. The van der Waals surface area contributed by atoms with E-state index in [9.17, 15) is 4.79 Å². The first kappa shape index (κ1) is 10.5. The Morgan fingerprint density at radius 3 is 2.92 bits per heavy atom. The number of allylic oxidation sites excluding steroid dienone is 1. The molecule has 0 amide bonds. The van der Waals surface area contributed by atoms with Gasteiger partial charge in [-0.3, -0.25) is 0 Å². The Balaban J connectivity index is 3.11. The van der Waals surface area contributed by atoms with Gasteiger partial charge < -0.3 is 5.11 Å². The zero-order chi connectivity index (χ0) is 9.84. The minimum atomic E-state index is -0.858. The first-order chi connectivity index (χ1) is 6.19. The largest absolute Gasteiger partial charge is 0.477 e. The van der Waals surface area contributed by atoms with E-state index in [4.69, 9.17) is 5.11 Å². The van der Waals surface area contributed by atoms with E-state index >= 15 is 0 Å². The third kappa shape index (κ3) is 2.42. The van der Waals surface area contributed by atoms with Crippen molar-refractivity contribution in [1.82, 2.24) is 0 Å². The van der Waals surface area contributed by atoms with Crippen molar-refractivity contribution < 1.29 is 9.90 Å². The number of alkyl halides is 1. The molecule has 0 atom stereocenters. The molecule has 0 aliphatic heterocycles. The van der Waals surface area contributed by atoms with Crippen molar-refractivity contribution in [2.24, 2.45) is 0 Å². The van der Waals surface area contributed by atoms with Crippen molar-refractivity contribution in [3.05, 3.63) is 27.5 Å². The Labute approximate surface area is 89.0 Å². The van der Waals surface area contributed by atoms with E-state index in [1.165, 1.54) is 11.3 Å². The van der Waals surface area contributed by atoms with Gasteiger partial charge in [-0.2, -0.15) is 0 Å². The normalized spacial score (nSPS) is 10.9. The van der Waals surface area contributed by atoms with Crippen LogP contribution in [0.25, 0.3) is 6.08 Å². The van der Waals surface area contributed by atoms with Gasteiger partial charge in [0.2, 0.25) is 0 Å². The van der Waals surface area contributed by atoms with E-state index < -0.39 is 5.97 Å². The summed E-state index contributed by atoms with van der Waals surface area (Å²) in [7, 11) is 0. The van der Waals surface area contributed by atoms with Crippen LogP contribution in [0, 0.1) is 0 Å². The standard InChI is InChI=1S/C9H9BrO2S/c1-2-3-7-6(5-10)4-8(13-7)9(11)12/h2-4H,5H2,1H3,(H,11,12)/b3-2-. The van der Waals surface area contributed by atoms with Gasteiger partial charge in [-0.25, -0.2) is 4.79 Å². The highest BCUT2D eigenvalue weighted by molar-refractivity contribution is 9.08. The summed E-state index contributed by atoms with van der Waals surface area (Å²) in [5, 5.41) is 9.45. The van der Waals surface area contributed by atoms with E-state index in [2.05, 4.69) is 15.9 Å². The van der Waals surface area contributed by atoms with Gasteiger partial charge in [0.15, 0.2) is 0 Å². The number of hydrogen-bond acceptors (Lipinski definition) is 2. The lowest BCUT2D eigenvalue weighted by molar-refractivity contribution is 0.0702. The van der Waals surface area contributed by atoms with Crippen LogP contribution in [-0.4, -0.2) is 11.1 Å². The van der Waals surface area contributed by atoms with E-state index in [0.29, 0.717) is 10.2 Å². The highest BCUT2D eigenvalue weighted by atomic mass is 79.9.